The lowest BCUT2D eigenvalue weighted by Gasteiger charge is -2.08. The lowest BCUT2D eigenvalue weighted by Crippen LogP contribution is -2.46. The number of aromatic nitrogens is 3. The third-order valence-corrected chi connectivity index (χ3v) is 3.63. The molecular weight excluding hydrogens is 346 g/mol. The quantitative estimate of drug-likeness (QED) is 0.426. The first-order valence-electron chi connectivity index (χ1n) is 8.24. The fourth-order valence-corrected chi connectivity index (χ4v) is 2.39. The van der Waals surface area contributed by atoms with Crippen LogP contribution in [0, 0.1) is 0 Å². The molecule has 0 aliphatic heterocycles. The highest BCUT2D eigenvalue weighted by molar-refractivity contribution is 5.86. The maximum atomic E-state index is 11.9. The maximum Gasteiger partial charge on any atom is 0.354 e. The highest BCUT2D eigenvalue weighted by Crippen LogP contribution is 2.15. The lowest BCUT2D eigenvalue weighted by atomic mass is 10.2. The molecule has 0 bridgehead atoms. The third-order valence-electron chi connectivity index (χ3n) is 3.63. The van der Waals surface area contributed by atoms with E-state index in [1.54, 1.807) is 29.1 Å². The van der Waals surface area contributed by atoms with E-state index in [4.69, 9.17) is 0 Å². The first-order valence-corrected chi connectivity index (χ1v) is 8.24. The highest BCUT2D eigenvalue weighted by atomic mass is 16.4. The molecule has 136 valence electrons. The minimum absolute atomic E-state index is 0.105. The summed E-state index contributed by atoms with van der Waals surface area (Å²) in [7, 11) is 0. The monoisotopic (exact) mass is 364 g/mol. The van der Waals surface area contributed by atoms with Gasteiger partial charge in [0.05, 0.1) is 12.2 Å². The Morgan fingerprint density at radius 2 is 1.70 bits per heavy atom. The molecular formula is C19H18N5O3+. The van der Waals surface area contributed by atoms with Crippen molar-refractivity contribution >= 4 is 11.9 Å². The van der Waals surface area contributed by atoms with Gasteiger partial charge in [-0.3, -0.25) is 10.2 Å². The van der Waals surface area contributed by atoms with E-state index in [1.807, 2.05) is 36.4 Å². The zero-order valence-corrected chi connectivity index (χ0v) is 14.4. The number of nitrogens with zero attached hydrogens (tertiary/aromatic N) is 3. The van der Waals surface area contributed by atoms with E-state index in [2.05, 4.69) is 20.8 Å². The van der Waals surface area contributed by atoms with Crippen molar-refractivity contribution in [2.45, 2.75) is 13.1 Å². The van der Waals surface area contributed by atoms with Crippen molar-refractivity contribution in [1.29, 1.82) is 0 Å². The molecule has 0 saturated heterocycles. The number of hydrogen-bond donors (Lipinski definition) is 3. The summed E-state index contributed by atoms with van der Waals surface area (Å²) in [5.74, 6) is -1.05. The fourth-order valence-electron chi connectivity index (χ4n) is 2.39. The standard InChI is InChI=1S/C19H17N5O3/c25-17(13-24-9-5-2-6-10-24)23-20-12-15-11-16(19(26)27)22-18(21-15)14-7-3-1-4-8-14/h1-11,20H,12-13H2,(H-,23,25,26,27)/p+1. The van der Waals surface area contributed by atoms with Crippen LogP contribution in [0.5, 0.6) is 0 Å². The molecule has 2 heterocycles. The van der Waals surface area contributed by atoms with E-state index in [1.165, 1.54) is 6.07 Å². The number of benzene rings is 1. The normalized spacial score (nSPS) is 10.4. The van der Waals surface area contributed by atoms with Gasteiger partial charge in [0.1, 0.15) is 0 Å². The van der Waals surface area contributed by atoms with Crippen LogP contribution in [0.1, 0.15) is 16.2 Å². The number of carboxylic acid groups (broad SMARTS) is 1. The summed E-state index contributed by atoms with van der Waals surface area (Å²) < 4.78 is 1.73. The Labute approximate surface area is 155 Å². The molecule has 27 heavy (non-hydrogen) atoms. The Morgan fingerprint density at radius 1 is 1.00 bits per heavy atom. The van der Waals surface area contributed by atoms with Crippen LogP contribution in [0.3, 0.4) is 0 Å². The molecule has 0 atom stereocenters. The van der Waals surface area contributed by atoms with Crippen molar-refractivity contribution in [3.63, 3.8) is 0 Å². The molecule has 3 N–H and O–H groups in total. The smallest absolute Gasteiger partial charge is 0.354 e. The number of rotatable bonds is 7. The minimum atomic E-state index is -1.14. The van der Waals surface area contributed by atoms with Gasteiger partial charge in [-0.25, -0.2) is 20.2 Å². The van der Waals surface area contributed by atoms with E-state index >= 15 is 0 Å². The SMILES string of the molecule is O=C(C[n+]1ccccc1)NNCc1cc(C(=O)O)nc(-c2ccccc2)n1. The molecule has 0 aliphatic rings. The van der Waals surface area contributed by atoms with Crippen molar-refractivity contribution in [2.75, 3.05) is 0 Å². The summed E-state index contributed by atoms with van der Waals surface area (Å²) >= 11 is 0. The van der Waals surface area contributed by atoms with Crippen molar-refractivity contribution in [1.82, 2.24) is 20.8 Å². The number of nitrogens with one attached hydrogen (secondary N) is 2. The van der Waals surface area contributed by atoms with Gasteiger partial charge < -0.3 is 5.11 Å². The van der Waals surface area contributed by atoms with Gasteiger partial charge in [-0.15, -0.1) is 0 Å². The van der Waals surface area contributed by atoms with E-state index in [0.717, 1.165) is 0 Å². The second-order valence-electron chi connectivity index (χ2n) is 5.69. The van der Waals surface area contributed by atoms with Crippen LogP contribution in [0.2, 0.25) is 0 Å². The van der Waals surface area contributed by atoms with Gasteiger partial charge in [0, 0.05) is 17.7 Å². The van der Waals surface area contributed by atoms with Crippen LogP contribution in [0.25, 0.3) is 11.4 Å². The van der Waals surface area contributed by atoms with Crippen LogP contribution < -0.4 is 15.4 Å². The zero-order chi connectivity index (χ0) is 19.1. The van der Waals surface area contributed by atoms with Gasteiger partial charge in [-0.2, -0.15) is 4.57 Å². The largest absolute Gasteiger partial charge is 0.477 e. The lowest BCUT2D eigenvalue weighted by molar-refractivity contribution is -0.684. The minimum Gasteiger partial charge on any atom is -0.477 e. The molecule has 0 radical (unpaired) electrons. The van der Waals surface area contributed by atoms with Crippen molar-refractivity contribution in [3.05, 3.63) is 78.4 Å². The number of carbonyl (C=O) groups is 2. The Kier molecular flexibility index (Phi) is 5.80. The van der Waals surface area contributed by atoms with Gasteiger partial charge in [0.2, 0.25) is 6.54 Å². The number of hydrazine groups is 1. The van der Waals surface area contributed by atoms with Crippen molar-refractivity contribution < 1.29 is 19.3 Å². The number of carboxylic acids is 1. The topological polar surface area (TPSA) is 108 Å². The Balaban J connectivity index is 1.66. The molecule has 0 spiro atoms. The Bertz CT molecular complexity index is 933. The highest BCUT2D eigenvalue weighted by Gasteiger charge is 2.12. The fraction of sp³-hybridized carbons (Fsp3) is 0.105. The average molecular weight is 364 g/mol. The predicted molar refractivity (Wildman–Crippen MR) is 96.0 cm³/mol. The van der Waals surface area contributed by atoms with Crippen LogP contribution in [-0.2, 0) is 17.9 Å². The van der Waals surface area contributed by atoms with Crippen molar-refractivity contribution in [2.24, 2.45) is 0 Å². The summed E-state index contributed by atoms with van der Waals surface area (Å²) in [5.41, 5.74) is 6.40. The number of carbonyl (C=O) groups excluding carboxylic acids is 1. The second-order valence-corrected chi connectivity index (χ2v) is 5.69. The summed E-state index contributed by atoms with van der Waals surface area (Å²) in [5, 5.41) is 9.28. The first kappa shape index (κ1) is 18.2. The third kappa shape index (κ3) is 5.16. The van der Waals surface area contributed by atoms with E-state index in [0.29, 0.717) is 17.1 Å². The second kappa shape index (κ2) is 8.63. The molecule has 3 aromatic rings. The van der Waals surface area contributed by atoms with E-state index in [-0.39, 0.29) is 24.7 Å². The van der Waals surface area contributed by atoms with E-state index in [9.17, 15) is 14.7 Å². The summed E-state index contributed by atoms with van der Waals surface area (Å²) in [4.78, 5) is 31.7. The molecule has 0 aliphatic carbocycles. The molecule has 8 nitrogen and oxygen atoms in total. The van der Waals surface area contributed by atoms with Gasteiger partial charge in [0.15, 0.2) is 23.9 Å². The maximum absolute atomic E-state index is 11.9. The predicted octanol–water partition coefficient (Wildman–Crippen LogP) is 0.950. The molecule has 3 rings (SSSR count). The average Bonchev–Trinajstić information content (AvgIpc) is 2.69. The Morgan fingerprint density at radius 3 is 2.41 bits per heavy atom. The summed E-state index contributed by atoms with van der Waals surface area (Å²) in [6.07, 6.45) is 3.57. The molecule has 0 fully saturated rings. The Hall–Kier alpha value is -3.65. The number of aromatic carboxylic acids is 1. The molecule has 1 amide bonds. The molecule has 0 saturated carbocycles. The molecule has 2 aromatic heterocycles. The van der Waals surface area contributed by atoms with E-state index < -0.39 is 5.97 Å². The van der Waals surface area contributed by atoms with Crippen LogP contribution >= 0.6 is 0 Å². The van der Waals surface area contributed by atoms with Gasteiger partial charge in [-0.1, -0.05) is 36.4 Å². The molecule has 0 unspecified atom stereocenters. The first-order chi connectivity index (χ1) is 13.1. The molecule has 1 aromatic carbocycles. The van der Waals surface area contributed by atoms with Crippen LogP contribution in [-0.4, -0.2) is 27.0 Å². The van der Waals surface area contributed by atoms with Crippen molar-refractivity contribution in [3.8, 4) is 11.4 Å². The zero-order valence-electron chi connectivity index (χ0n) is 14.4. The molecule has 8 heteroatoms. The van der Waals surface area contributed by atoms with Gasteiger partial charge in [-0.05, 0) is 6.07 Å². The summed E-state index contributed by atoms with van der Waals surface area (Å²) in [6, 6.07) is 16.0. The summed E-state index contributed by atoms with van der Waals surface area (Å²) in [6.45, 7) is 0.321. The number of pyridine rings is 1. The number of amides is 1. The number of hydrogen-bond acceptors (Lipinski definition) is 5. The van der Waals surface area contributed by atoms with Crippen LogP contribution in [0.4, 0.5) is 0 Å². The van der Waals surface area contributed by atoms with Gasteiger partial charge in [0.25, 0.3) is 5.91 Å². The van der Waals surface area contributed by atoms with Crippen LogP contribution in [0.15, 0.2) is 67.0 Å². The van der Waals surface area contributed by atoms with Gasteiger partial charge >= 0.3 is 5.97 Å².